The molecule has 2 saturated heterocycles. The van der Waals surface area contributed by atoms with Gasteiger partial charge in [0.1, 0.15) is 45.1 Å². The number of ether oxygens (including phenoxy) is 10. The number of fused-ring (bicyclic) bond motifs is 5. The minimum atomic E-state index is -0.507. The third kappa shape index (κ3) is 6.15. The highest BCUT2D eigenvalue weighted by atomic mass is 16.7. The van der Waals surface area contributed by atoms with Crippen LogP contribution in [0.1, 0.15) is 42.7 Å². The van der Waals surface area contributed by atoms with E-state index in [0.29, 0.717) is 70.1 Å². The Morgan fingerprint density at radius 1 is 0.655 bits per heavy atom. The third-order valence-electron chi connectivity index (χ3n) is 10.6. The van der Waals surface area contributed by atoms with Crippen molar-refractivity contribution < 1.29 is 51.8 Å². The molecule has 0 saturated carbocycles. The SMILES string of the molecule is COc1ccc(-c2c(OC)c3c(OC)c4c(cc3oc2=O)OC(C)(C)C=C4)cc1.c1cc2c(cc1C1OCC3C(c4ccc5c(c4)OCO5)OCC13)OCO2. The zero-order valence-corrected chi connectivity index (χ0v) is 31.0. The summed E-state index contributed by atoms with van der Waals surface area (Å²) in [6, 6.07) is 20.9. The second-order valence-electron chi connectivity index (χ2n) is 14.3. The largest absolute Gasteiger partial charge is 0.497 e. The lowest BCUT2D eigenvalue weighted by Gasteiger charge is -2.29. The first-order valence-electron chi connectivity index (χ1n) is 18.1. The Balaban J connectivity index is 0.000000145. The molecule has 5 aliphatic rings. The van der Waals surface area contributed by atoms with Gasteiger partial charge in [0.2, 0.25) is 13.6 Å². The van der Waals surface area contributed by atoms with Gasteiger partial charge >= 0.3 is 5.63 Å². The molecule has 0 radical (unpaired) electrons. The summed E-state index contributed by atoms with van der Waals surface area (Å²) in [6.45, 7) is 5.84. The van der Waals surface area contributed by atoms with Crippen molar-refractivity contribution in [3.63, 3.8) is 0 Å². The molecule has 5 aromatic rings. The van der Waals surface area contributed by atoms with E-state index in [-0.39, 0.29) is 25.8 Å². The molecule has 0 bridgehead atoms. The monoisotopic (exact) mass is 748 g/mol. The third-order valence-corrected chi connectivity index (χ3v) is 10.6. The lowest BCUT2D eigenvalue weighted by molar-refractivity contribution is 0.0192. The Morgan fingerprint density at radius 2 is 1.24 bits per heavy atom. The smallest absolute Gasteiger partial charge is 0.347 e. The van der Waals surface area contributed by atoms with Crippen LogP contribution in [0.5, 0.6) is 46.0 Å². The number of hydrogen-bond donors (Lipinski definition) is 0. The normalized spacial score (nSPS) is 22.0. The van der Waals surface area contributed by atoms with Gasteiger partial charge in [-0.3, -0.25) is 0 Å². The summed E-state index contributed by atoms with van der Waals surface area (Å²) in [4.78, 5) is 12.9. The molecule has 0 spiro atoms. The molecule has 12 heteroatoms. The van der Waals surface area contributed by atoms with Gasteiger partial charge in [-0.05, 0) is 79.1 Å². The Labute approximate surface area is 317 Å². The predicted octanol–water partition coefficient (Wildman–Crippen LogP) is 7.89. The summed E-state index contributed by atoms with van der Waals surface area (Å²) in [5, 5.41) is 0.576. The van der Waals surface area contributed by atoms with Crippen LogP contribution in [0.15, 0.2) is 82.0 Å². The van der Waals surface area contributed by atoms with E-state index in [1.807, 2.05) is 50.3 Å². The average Bonchev–Trinajstić information content (AvgIpc) is 4.01. The zero-order valence-electron chi connectivity index (χ0n) is 31.0. The van der Waals surface area contributed by atoms with Crippen LogP contribution in [-0.4, -0.2) is 53.7 Å². The van der Waals surface area contributed by atoms with E-state index in [1.54, 1.807) is 44.6 Å². The van der Waals surface area contributed by atoms with Crippen LogP contribution >= 0.6 is 0 Å². The average molecular weight is 749 g/mol. The van der Waals surface area contributed by atoms with Crippen molar-refractivity contribution in [2.24, 2.45) is 11.8 Å². The molecule has 284 valence electrons. The highest BCUT2D eigenvalue weighted by Crippen LogP contribution is 2.52. The summed E-state index contributed by atoms with van der Waals surface area (Å²) >= 11 is 0. The maximum Gasteiger partial charge on any atom is 0.347 e. The number of hydrogen-bond acceptors (Lipinski definition) is 12. The highest BCUT2D eigenvalue weighted by molar-refractivity contribution is 5.99. The molecule has 10 rings (SSSR count). The van der Waals surface area contributed by atoms with E-state index >= 15 is 0 Å². The lowest BCUT2D eigenvalue weighted by atomic mass is 9.85. The molecule has 4 aromatic carbocycles. The van der Waals surface area contributed by atoms with Gasteiger partial charge in [0.05, 0.1) is 52.3 Å². The van der Waals surface area contributed by atoms with Crippen LogP contribution in [0, 0.1) is 11.8 Å². The fourth-order valence-corrected chi connectivity index (χ4v) is 7.97. The van der Waals surface area contributed by atoms with Gasteiger partial charge in [0.25, 0.3) is 0 Å². The van der Waals surface area contributed by atoms with Gasteiger partial charge < -0.3 is 51.8 Å². The standard InChI is InChI=1S/C23H22O6.C20H18O6/c1-23(2)11-10-15-16(29-23)12-17-19(20(15)26-4)21(27-5)18(22(24)28-17)13-6-8-14(25-3)9-7-13;1-3-15-17(25-9-23-15)5-11(1)19-13-7-22-20(14(13)8-21-19)12-2-4-16-18(6-12)26-10-24-16/h6-12H,1-5H3;1-6,13-14,19-20H,7-10H2. The first-order valence-corrected chi connectivity index (χ1v) is 18.1. The zero-order chi connectivity index (χ0) is 37.8. The first-order chi connectivity index (χ1) is 26.7. The second kappa shape index (κ2) is 13.8. The molecule has 4 unspecified atom stereocenters. The number of methoxy groups -OCH3 is 3. The molecule has 1 aromatic heterocycles. The Bertz CT molecular complexity index is 2290. The molecule has 0 aliphatic carbocycles. The van der Waals surface area contributed by atoms with Crippen molar-refractivity contribution in [1.82, 2.24) is 0 Å². The minimum Gasteiger partial charge on any atom is -0.497 e. The van der Waals surface area contributed by atoms with E-state index in [0.717, 1.165) is 39.7 Å². The second-order valence-corrected chi connectivity index (χ2v) is 14.3. The topological polar surface area (TPSA) is 123 Å². The van der Waals surface area contributed by atoms with Crippen molar-refractivity contribution in [3.8, 4) is 57.1 Å². The van der Waals surface area contributed by atoms with E-state index in [4.69, 9.17) is 51.8 Å². The summed E-state index contributed by atoms with van der Waals surface area (Å²) in [7, 11) is 4.68. The fraction of sp³-hybridized carbons (Fsp3) is 0.326. The molecule has 0 N–H and O–H groups in total. The number of rotatable bonds is 6. The van der Waals surface area contributed by atoms with Crippen LogP contribution in [0.25, 0.3) is 28.2 Å². The van der Waals surface area contributed by atoms with Gasteiger partial charge in [0.15, 0.2) is 23.0 Å². The fourth-order valence-electron chi connectivity index (χ4n) is 7.97. The molecular weight excluding hydrogens is 708 g/mol. The summed E-state index contributed by atoms with van der Waals surface area (Å²) in [6.07, 6.45) is 3.95. The van der Waals surface area contributed by atoms with Gasteiger partial charge in [0, 0.05) is 17.9 Å². The van der Waals surface area contributed by atoms with Crippen molar-refractivity contribution in [2.45, 2.75) is 31.7 Å². The molecule has 6 heterocycles. The molecule has 4 atom stereocenters. The predicted molar refractivity (Wildman–Crippen MR) is 201 cm³/mol. The van der Waals surface area contributed by atoms with Crippen molar-refractivity contribution in [3.05, 3.63) is 99.9 Å². The summed E-state index contributed by atoms with van der Waals surface area (Å²) < 4.78 is 62.5. The Kier molecular flexibility index (Phi) is 8.74. The van der Waals surface area contributed by atoms with Crippen LogP contribution in [0.3, 0.4) is 0 Å². The lowest BCUT2D eigenvalue weighted by Crippen LogP contribution is -2.27. The first kappa shape index (κ1) is 34.9. The van der Waals surface area contributed by atoms with Gasteiger partial charge in [-0.2, -0.15) is 0 Å². The minimum absolute atomic E-state index is 0.0218. The molecule has 2 fully saturated rings. The number of benzene rings is 4. The molecular formula is C43H40O12. The maximum atomic E-state index is 12.9. The molecule has 55 heavy (non-hydrogen) atoms. The Morgan fingerprint density at radius 3 is 1.80 bits per heavy atom. The van der Waals surface area contributed by atoms with Crippen LogP contribution in [-0.2, 0) is 9.47 Å². The maximum absolute atomic E-state index is 12.9. The van der Waals surface area contributed by atoms with E-state index in [1.165, 1.54) is 7.11 Å². The molecule has 0 amide bonds. The van der Waals surface area contributed by atoms with Gasteiger partial charge in [-0.25, -0.2) is 4.79 Å². The van der Waals surface area contributed by atoms with Crippen molar-refractivity contribution in [2.75, 3.05) is 48.1 Å². The summed E-state index contributed by atoms with van der Waals surface area (Å²) in [5.41, 5.74) is 3.35. The molecule has 5 aliphatic heterocycles. The Hall–Kier alpha value is -5.85. The van der Waals surface area contributed by atoms with Crippen LogP contribution < -0.4 is 43.5 Å². The van der Waals surface area contributed by atoms with Crippen LogP contribution in [0.2, 0.25) is 0 Å². The molecule has 12 nitrogen and oxygen atoms in total. The van der Waals surface area contributed by atoms with Gasteiger partial charge in [-0.15, -0.1) is 0 Å². The van der Waals surface area contributed by atoms with E-state index < -0.39 is 11.2 Å². The van der Waals surface area contributed by atoms with Crippen LogP contribution in [0.4, 0.5) is 0 Å². The van der Waals surface area contributed by atoms with E-state index in [9.17, 15) is 4.79 Å². The van der Waals surface area contributed by atoms with Gasteiger partial charge in [-0.1, -0.05) is 24.3 Å². The quantitative estimate of drug-likeness (QED) is 0.157. The summed E-state index contributed by atoms with van der Waals surface area (Å²) in [5.74, 6) is 6.02. The highest BCUT2D eigenvalue weighted by Gasteiger charge is 2.48. The van der Waals surface area contributed by atoms with Crippen molar-refractivity contribution >= 4 is 17.0 Å². The van der Waals surface area contributed by atoms with Crippen molar-refractivity contribution in [1.29, 1.82) is 0 Å². The van der Waals surface area contributed by atoms with E-state index in [2.05, 4.69) is 12.1 Å².